The summed E-state index contributed by atoms with van der Waals surface area (Å²) in [6.07, 6.45) is 5.25. The summed E-state index contributed by atoms with van der Waals surface area (Å²) >= 11 is 0. The molecule has 0 bridgehead atoms. The minimum absolute atomic E-state index is 0.119. The zero-order valence-corrected chi connectivity index (χ0v) is 17.1. The fourth-order valence-electron chi connectivity index (χ4n) is 3.18. The zero-order chi connectivity index (χ0) is 20.1. The Morgan fingerprint density at radius 2 is 2.04 bits per heavy atom. The Balaban J connectivity index is 1.72. The number of nitrogens with one attached hydrogen (secondary N) is 2. The molecule has 1 fully saturated rings. The van der Waals surface area contributed by atoms with Crippen molar-refractivity contribution >= 4 is 15.9 Å². The first-order chi connectivity index (χ1) is 13.4. The van der Waals surface area contributed by atoms with Crippen molar-refractivity contribution in [1.82, 2.24) is 24.7 Å². The number of hydrogen-bond donors (Lipinski definition) is 2. The van der Waals surface area contributed by atoms with Crippen LogP contribution in [0.4, 0.5) is 0 Å². The van der Waals surface area contributed by atoms with Crippen LogP contribution in [0.1, 0.15) is 36.0 Å². The Hall–Kier alpha value is -2.17. The van der Waals surface area contributed by atoms with Crippen LogP contribution in [0.3, 0.4) is 0 Å². The number of piperidine rings is 1. The fraction of sp³-hybridized carbons (Fsp3) is 0.556. The van der Waals surface area contributed by atoms with Crippen molar-refractivity contribution in [3.8, 4) is 11.5 Å². The van der Waals surface area contributed by atoms with Gasteiger partial charge in [-0.3, -0.25) is 9.89 Å². The molecule has 3 rings (SSSR count). The van der Waals surface area contributed by atoms with Gasteiger partial charge < -0.3 is 14.2 Å². The molecule has 2 aromatic heterocycles. The lowest BCUT2D eigenvalue weighted by Gasteiger charge is -2.26. The van der Waals surface area contributed by atoms with Crippen LogP contribution in [0.2, 0.25) is 0 Å². The van der Waals surface area contributed by atoms with Crippen LogP contribution in [0.25, 0.3) is 11.5 Å². The van der Waals surface area contributed by atoms with E-state index in [4.69, 9.17) is 4.42 Å². The van der Waals surface area contributed by atoms with Gasteiger partial charge in [0.1, 0.15) is 5.69 Å². The first kappa shape index (κ1) is 20.6. The molecule has 3 heterocycles. The summed E-state index contributed by atoms with van der Waals surface area (Å²) in [6, 6.07) is 2.93. The van der Waals surface area contributed by atoms with Crippen LogP contribution in [0.15, 0.2) is 27.8 Å². The van der Waals surface area contributed by atoms with Crippen molar-refractivity contribution in [2.45, 2.75) is 30.8 Å². The molecule has 0 unspecified atom stereocenters. The van der Waals surface area contributed by atoms with E-state index in [1.54, 1.807) is 4.90 Å². The third-order valence-corrected chi connectivity index (χ3v) is 6.01. The van der Waals surface area contributed by atoms with Crippen LogP contribution in [-0.4, -0.2) is 74.6 Å². The minimum atomic E-state index is -3.75. The van der Waals surface area contributed by atoms with Gasteiger partial charge in [-0.2, -0.15) is 5.10 Å². The molecule has 0 aromatic carbocycles. The number of likely N-dealkylation sites (tertiary alicyclic amines) is 1. The lowest BCUT2D eigenvalue weighted by atomic mass is 10.1. The van der Waals surface area contributed by atoms with Crippen molar-refractivity contribution < 1.29 is 17.6 Å². The minimum Gasteiger partial charge on any atom is -0.442 e. The van der Waals surface area contributed by atoms with Crippen molar-refractivity contribution in [1.29, 1.82) is 0 Å². The Morgan fingerprint density at radius 3 is 2.75 bits per heavy atom. The third-order valence-electron chi connectivity index (χ3n) is 4.68. The molecule has 2 N–H and O–H groups in total. The molecule has 1 saturated heterocycles. The number of aromatic amines is 1. The fourth-order valence-corrected chi connectivity index (χ4v) is 4.18. The number of furan rings is 1. The maximum absolute atomic E-state index is 12.8. The van der Waals surface area contributed by atoms with E-state index in [1.807, 2.05) is 19.0 Å². The first-order valence-electron chi connectivity index (χ1n) is 9.46. The van der Waals surface area contributed by atoms with Crippen molar-refractivity contribution in [2.75, 3.05) is 40.3 Å². The second kappa shape index (κ2) is 8.89. The average Bonchev–Trinajstić information content (AvgIpc) is 3.34. The summed E-state index contributed by atoms with van der Waals surface area (Å²) in [5.74, 6) is 0.151. The van der Waals surface area contributed by atoms with E-state index in [1.165, 1.54) is 18.3 Å². The quantitative estimate of drug-likeness (QED) is 0.640. The molecule has 1 aliphatic rings. The molecule has 9 nitrogen and oxygen atoms in total. The van der Waals surface area contributed by atoms with Crippen LogP contribution in [-0.2, 0) is 10.0 Å². The first-order valence-corrected chi connectivity index (χ1v) is 10.9. The number of amides is 1. The van der Waals surface area contributed by atoms with E-state index in [9.17, 15) is 13.2 Å². The lowest BCUT2D eigenvalue weighted by molar-refractivity contribution is 0.0725. The van der Waals surface area contributed by atoms with Gasteiger partial charge >= 0.3 is 0 Å². The number of rotatable bonds is 8. The molecular formula is C18H27N5O4S. The molecule has 154 valence electrons. The van der Waals surface area contributed by atoms with Crippen LogP contribution < -0.4 is 4.72 Å². The molecule has 10 heteroatoms. The lowest BCUT2D eigenvalue weighted by Crippen LogP contribution is -2.35. The van der Waals surface area contributed by atoms with E-state index in [-0.39, 0.29) is 16.8 Å². The predicted octanol–water partition coefficient (Wildman–Crippen LogP) is 1.53. The molecule has 0 atom stereocenters. The molecule has 1 aliphatic heterocycles. The monoisotopic (exact) mass is 409 g/mol. The number of aromatic nitrogens is 2. The smallest absolute Gasteiger partial charge is 0.273 e. The second-order valence-corrected chi connectivity index (χ2v) is 8.88. The number of carbonyl (C=O) groups is 1. The van der Waals surface area contributed by atoms with Crippen LogP contribution >= 0.6 is 0 Å². The van der Waals surface area contributed by atoms with Gasteiger partial charge in [-0.25, -0.2) is 13.1 Å². The van der Waals surface area contributed by atoms with Crippen LogP contribution in [0, 0.1) is 0 Å². The number of carbonyl (C=O) groups excluding carboxylic acids is 1. The van der Waals surface area contributed by atoms with Crippen molar-refractivity contribution in [3.05, 3.63) is 23.9 Å². The van der Waals surface area contributed by atoms with E-state index in [2.05, 4.69) is 14.9 Å². The summed E-state index contributed by atoms with van der Waals surface area (Å²) in [5, 5.41) is 6.54. The SMILES string of the molecule is CN(C)CCCNS(=O)(=O)c1ccc(-c2[nH]ncc2C(=O)N2CCCCC2)o1. The topological polar surface area (TPSA) is 112 Å². The number of H-pyrrole nitrogens is 1. The van der Waals surface area contributed by atoms with E-state index in [0.717, 1.165) is 38.9 Å². The Labute approximate surface area is 165 Å². The molecule has 28 heavy (non-hydrogen) atoms. The Bertz CT molecular complexity index is 897. The van der Waals surface area contributed by atoms with E-state index in [0.29, 0.717) is 24.2 Å². The summed E-state index contributed by atoms with van der Waals surface area (Å²) in [7, 11) is 0.115. The molecule has 0 radical (unpaired) electrons. The van der Waals surface area contributed by atoms with E-state index < -0.39 is 10.0 Å². The number of hydrogen-bond acceptors (Lipinski definition) is 6. The second-order valence-electron chi connectivity index (χ2n) is 7.18. The third kappa shape index (κ3) is 4.81. The standard InChI is InChI=1S/C18H27N5O4S/c1-22(2)10-6-9-20-28(25,26)16-8-7-15(27-16)17-14(13-19-21-17)18(24)23-11-4-3-5-12-23/h7-8,13,20H,3-6,9-12H2,1-2H3,(H,19,21). The highest BCUT2D eigenvalue weighted by Gasteiger charge is 2.25. The highest BCUT2D eigenvalue weighted by molar-refractivity contribution is 7.89. The van der Waals surface area contributed by atoms with Gasteiger partial charge in [0.2, 0.25) is 5.09 Å². The van der Waals surface area contributed by atoms with Crippen LogP contribution in [0.5, 0.6) is 0 Å². The maximum atomic E-state index is 12.8. The Kier molecular flexibility index (Phi) is 6.53. The summed E-state index contributed by atoms with van der Waals surface area (Å²) in [6.45, 7) is 2.54. The van der Waals surface area contributed by atoms with Gasteiger partial charge in [0.15, 0.2) is 5.76 Å². The number of sulfonamides is 1. The van der Waals surface area contributed by atoms with Gasteiger partial charge in [-0.15, -0.1) is 0 Å². The predicted molar refractivity (Wildman–Crippen MR) is 104 cm³/mol. The molecule has 1 amide bonds. The highest BCUT2D eigenvalue weighted by atomic mass is 32.2. The summed E-state index contributed by atoms with van der Waals surface area (Å²) < 4.78 is 32.9. The Morgan fingerprint density at radius 1 is 1.29 bits per heavy atom. The normalized spacial score (nSPS) is 15.3. The zero-order valence-electron chi connectivity index (χ0n) is 16.3. The highest BCUT2D eigenvalue weighted by Crippen LogP contribution is 2.27. The average molecular weight is 410 g/mol. The maximum Gasteiger partial charge on any atom is 0.273 e. The summed E-state index contributed by atoms with van der Waals surface area (Å²) in [4.78, 5) is 16.6. The molecule has 0 saturated carbocycles. The van der Waals surface area contributed by atoms with Gasteiger partial charge in [0, 0.05) is 19.6 Å². The molecule has 0 spiro atoms. The number of nitrogens with zero attached hydrogens (tertiary/aromatic N) is 3. The summed E-state index contributed by atoms with van der Waals surface area (Å²) in [5.41, 5.74) is 0.781. The van der Waals surface area contributed by atoms with Crippen molar-refractivity contribution in [2.24, 2.45) is 0 Å². The van der Waals surface area contributed by atoms with Gasteiger partial charge in [0.05, 0.1) is 11.8 Å². The van der Waals surface area contributed by atoms with Gasteiger partial charge in [0.25, 0.3) is 15.9 Å². The van der Waals surface area contributed by atoms with Gasteiger partial charge in [-0.05, 0) is 58.5 Å². The molecular weight excluding hydrogens is 382 g/mol. The van der Waals surface area contributed by atoms with Gasteiger partial charge in [-0.1, -0.05) is 0 Å². The largest absolute Gasteiger partial charge is 0.442 e. The van der Waals surface area contributed by atoms with E-state index >= 15 is 0 Å². The molecule has 0 aliphatic carbocycles. The molecule has 2 aromatic rings. The van der Waals surface area contributed by atoms with Crippen molar-refractivity contribution in [3.63, 3.8) is 0 Å².